The number of aromatic nitrogens is 2. The van der Waals surface area contributed by atoms with E-state index in [1.807, 2.05) is 74.5 Å². The predicted molar refractivity (Wildman–Crippen MR) is 108 cm³/mol. The first kappa shape index (κ1) is 15.7. The molecular weight excluding hydrogens is 334 g/mol. The third-order valence-electron chi connectivity index (χ3n) is 4.96. The summed E-state index contributed by atoms with van der Waals surface area (Å²) in [4.78, 5) is 22.7. The lowest BCUT2D eigenvalue weighted by Gasteiger charge is -2.14. The van der Waals surface area contributed by atoms with E-state index in [2.05, 4.69) is 10.3 Å². The molecule has 0 aliphatic heterocycles. The van der Waals surface area contributed by atoms with E-state index in [0.29, 0.717) is 11.3 Å². The number of rotatable bonds is 2. The Morgan fingerprint density at radius 2 is 1.56 bits per heavy atom. The summed E-state index contributed by atoms with van der Waals surface area (Å²) in [5.41, 5.74) is 7.13. The average molecular weight is 351 g/mol. The molecule has 1 aliphatic carbocycles. The Labute approximate surface area is 156 Å². The molecule has 0 spiro atoms. The number of benzene rings is 2. The summed E-state index contributed by atoms with van der Waals surface area (Å²) in [5.74, 6) is -0.0662. The van der Waals surface area contributed by atoms with Gasteiger partial charge in [0.05, 0.1) is 22.5 Å². The van der Waals surface area contributed by atoms with Crippen LogP contribution in [-0.2, 0) is 0 Å². The van der Waals surface area contributed by atoms with Gasteiger partial charge in [0.25, 0.3) is 0 Å². The Morgan fingerprint density at radius 1 is 0.815 bits per heavy atom. The highest BCUT2D eigenvalue weighted by Gasteiger charge is 2.35. The Bertz CT molecular complexity index is 1230. The van der Waals surface area contributed by atoms with Gasteiger partial charge < -0.3 is 5.32 Å². The zero-order valence-electron chi connectivity index (χ0n) is 15.1. The van der Waals surface area contributed by atoms with Gasteiger partial charge in [0.15, 0.2) is 0 Å². The van der Waals surface area contributed by atoms with Crippen LogP contribution >= 0.6 is 0 Å². The maximum Gasteiger partial charge on any atom is 0.216 e. The molecule has 2 heterocycles. The predicted octanol–water partition coefficient (Wildman–Crippen LogP) is 5.20. The van der Waals surface area contributed by atoms with Crippen LogP contribution in [0, 0.1) is 13.8 Å². The SMILES string of the molecule is Cc1cc(C)c2c(n1)C(=O)c1c-2nc2ccccc2c1Nc1ccccc1. The lowest BCUT2D eigenvalue weighted by atomic mass is 10.0. The van der Waals surface area contributed by atoms with Gasteiger partial charge in [-0.15, -0.1) is 0 Å². The number of carbonyl (C=O) groups is 1. The number of nitrogens with one attached hydrogen (secondary N) is 1. The maximum atomic E-state index is 13.3. The van der Waals surface area contributed by atoms with Crippen LogP contribution in [0.3, 0.4) is 0 Å². The molecule has 0 bridgehead atoms. The van der Waals surface area contributed by atoms with Gasteiger partial charge in [-0.2, -0.15) is 0 Å². The van der Waals surface area contributed by atoms with Gasteiger partial charge in [-0.25, -0.2) is 9.97 Å². The van der Waals surface area contributed by atoms with Crippen LogP contribution < -0.4 is 5.32 Å². The van der Waals surface area contributed by atoms with Crippen molar-refractivity contribution in [2.24, 2.45) is 0 Å². The van der Waals surface area contributed by atoms with Crippen molar-refractivity contribution in [1.29, 1.82) is 0 Å². The molecule has 1 aliphatic rings. The number of anilines is 2. The quantitative estimate of drug-likeness (QED) is 0.475. The molecule has 4 nitrogen and oxygen atoms in total. The van der Waals surface area contributed by atoms with Crippen molar-refractivity contribution in [3.63, 3.8) is 0 Å². The molecule has 130 valence electrons. The fourth-order valence-electron chi connectivity index (χ4n) is 3.83. The van der Waals surface area contributed by atoms with E-state index in [0.717, 1.165) is 44.8 Å². The van der Waals surface area contributed by atoms with Gasteiger partial charge in [-0.05, 0) is 43.7 Å². The van der Waals surface area contributed by atoms with E-state index in [4.69, 9.17) is 4.98 Å². The number of carbonyl (C=O) groups excluding carboxylic acids is 1. The average Bonchev–Trinajstić information content (AvgIpc) is 2.95. The topological polar surface area (TPSA) is 54.9 Å². The van der Waals surface area contributed by atoms with Gasteiger partial charge in [-0.1, -0.05) is 36.4 Å². The molecule has 2 aromatic heterocycles. The second kappa shape index (κ2) is 5.74. The Morgan fingerprint density at radius 3 is 2.37 bits per heavy atom. The van der Waals surface area contributed by atoms with E-state index in [1.54, 1.807) is 0 Å². The minimum atomic E-state index is -0.0662. The molecule has 2 aromatic carbocycles. The molecule has 0 radical (unpaired) electrons. The van der Waals surface area contributed by atoms with Crippen LogP contribution in [0.4, 0.5) is 11.4 Å². The van der Waals surface area contributed by atoms with Crippen molar-refractivity contribution >= 4 is 28.1 Å². The van der Waals surface area contributed by atoms with Crippen molar-refractivity contribution in [2.45, 2.75) is 13.8 Å². The zero-order valence-corrected chi connectivity index (χ0v) is 15.1. The first-order valence-electron chi connectivity index (χ1n) is 8.91. The van der Waals surface area contributed by atoms with Crippen LogP contribution in [-0.4, -0.2) is 15.8 Å². The summed E-state index contributed by atoms with van der Waals surface area (Å²) in [6.07, 6.45) is 0. The van der Waals surface area contributed by atoms with E-state index in [9.17, 15) is 4.79 Å². The fourth-order valence-corrected chi connectivity index (χ4v) is 3.83. The van der Waals surface area contributed by atoms with Crippen LogP contribution in [0.2, 0.25) is 0 Å². The fraction of sp³-hybridized carbons (Fsp3) is 0.0870. The van der Waals surface area contributed by atoms with Crippen molar-refractivity contribution in [2.75, 3.05) is 5.32 Å². The molecule has 5 rings (SSSR count). The number of fused-ring (bicyclic) bond motifs is 4. The molecule has 0 saturated heterocycles. The number of pyridine rings is 2. The largest absolute Gasteiger partial charge is 0.354 e. The highest BCUT2D eigenvalue weighted by molar-refractivity contribution is 6.26. The van der Waals surface area contributed by atoms with Gasteiger partial charge in [0.2, 0.25) is 5.78 Å². The third kappa shape index (κ3) is 2.34. The van der Waals surface area contributed by atoms with Gasteiger partial charge in [0, 0.05) is 22.3 Å². The first-order chi connectivity index (χ1) is 13.1. The Balaban J connectivity index is 1.85. The molecule has 0 amide bonds. The Hall–Kier alpha value is -3.53. The van der Waals surface area contributed by atoms with E-state index >= 15 is 0 Å². The highest BCUT2D eigenvalue weighted by Crippen LogP contribution is 2.43. The molecule has 0 saturated carbocycles. The zero-order chi connectivity index (χ0) is 18.5. The summed E-state index contributed by atoms with van der Waals surface area (Å²) in [6.45, 7) is 3.92. The number of ketones is 1. The molecule has 0 unspecified atom stereocenters. The summed E-state index contributed by atoms with van der Waals surface area (Å²) in [6, 6.07) is 19.8. The second-order valence-corrected chi connectivity index (χ2v) is 6.85. The second-order valence-electron chi connectivity index (χ2n) is 6.85. The number of nitrogens with zero attached hydrogens (tertiary/aromatic N) is 2. The third-order valence-corrected chi connectivity index (χ3v) is 4.96. The van der Waals surface area contributed by atoms with Crippen LogP contribution in [0.1, 0.15) is 27.3 Å². The number of para-hydroxylation sites is 2. The highest BCUT2D eigenvalue weighted by atomic mass is 16.1. The molecule has 0 atom stereocenters. The van der Waals surface area contributed by atoms with Gasteiger partial charge in [0.1, 0.15) is 5.69 Å². The standard InChI is InChI=1S/C23H17N3O/c1-13-12-14(2)24-22-18(13)21-19(23(22)27)20(25-15-8-4-3-5-9-15)16-10-6-7-11-17(16)26-21/h3-12H,1-2H3,(H,25,26). The summed E-state index contributed by atoms with van der Waals surface area (Å²) < 4.78 is 0. The van der Waals surface area contributed by atoms with Crippen LogP contribution in [0.25, 0.3) is 22.2 Å². The van der Waals surface area contributed by atoms with Crippen LogP contribution in [0.15, 0.2) is 60.7 Å². The molecule has 1 N–H and O–H groups in total. The minimum absolute atomic E-state index is 0.0662. The normalized spacial score (nSPS) is 12.1. The number of aryl methyl sites for hydroxylation is 2. The van der Waals surface area contributed by atoms with E-state index in [1.165, 1.54) is 0 Å². The lowest BCUT2D eigenvalue weighted by molar-refractivity contribution is 0.103. The van der Waals surface area contributed by atoms with Crippen molar-refractivity contribution in [3.05, 3.63) is 83.2 Å². The van der Waals surface area contributed by atoms with E-state index < -0.39 is 0 Å². The smallest absolute Gasteiger partial charge is 0.216 e. The van der Waals surface area contributed by atoms with Gasteiger partial charge >= 0.3 is 0 Å². The van der Waals surface area contributed by atoms with Gasteiger partial charge in [-0.3, -0.25) is 4.79 Å². The molecular formula is C23H17N3O. The molecule has 4 heteroatoms. The number of hydrogen-bond acceptors (Lipinski definition) is 4. The summed E-state index contributed by atoms with van der Waals surface area (Å²) >= 11 is 0. The first-order valence-corrected chi connectivity index (χ1v) is 8.91. The monoisotopic (exact) mass is 351 g/mol. The minimum Gasteiger partial charge on any atom is -0.354 e. The molecule has 0 fully saturated rings. The van der Waals surface area contributed by atoms with Crippen molar-refractivity contribution in [1.82, 2.24) is 9.97 Å². The maximum absolute atomic E-state index is 13.3. The van der Waals surface area contributed by atoms with Crippen molar-refractivity contribution < 1.29 is 4.79 Å². The van der Waals surface area contributed by atoms with E-state index in [-0.39, 0.29) is 5.78 Å². The summed E-state index contributed by atoms with van der Waals surface area (Å²) in [7, 11) is 0. The van der Waals surface area contributed by atoms with Crippen LogP contribution in [0.5, 0.6) is 0 Å². The summed E-state index contributed by atoms with van der Waals surface area (Å²) in [5, 5.41) is 4.38. The van der Waals surface area contributed by atoms with Crippen molar-refractivity contribution in [3.8, 4) is 11.3 Å². The molecule has 27 heavy (non-hydrogen) atoms. The lowest BCUT2D eigenvalue weighted by Crippen LogP contribution is -2.05. The molecule has 4 aromatic rings. The number of hydrogen-bond donors (Lipinski definition) is 1. The Kier molecular flexibility index (Phi) is 3.34.